The lowest BCUT2D eigenvalue weighted by atomic mass is 10.0. The Kier molecular flexibility index (Phi) is 4.61. The second-order valence-electron chi connectivity index (χ2n) is 5.44. The minimum Gasteiger partial charge on any atom is -0.292 e. The van der Waals surface area contributed by atoms with Gasteiger partial charge in [-0.1, -0.05) is 18.2 Å². The number of hydrogen-bond donors (Lipinski definition) is 0. The summed E-state index contributed by atoms with van der Waals surface area (Å²) < 4.78 is 38.6. The molecule has 0 atom stereocenters. The zero-order chi connectivity index (χ0) is 17.9. The van der Waals surface area contributed by atoms with E-state index in [0.29, 0.717) is 22.5 Å². The fourth-order valence-corrected chi connectivity index (χ4v) is 2.40. The van der Waals surface area contributed by atoms with Gasteiger partial charge in [0.05, 0.1) is 11.3 Å². The van der Waals surface area contributed by atoms with Gasteiger partial charge in [-0.15, -0.1) is 0 Å². The van der Waals surface area contributed by atoms with Gasteiger partial charge in [0.2, 0.25) is 0 Å². The van der Waals surface area contributed by atoms with Crippen molar-refractivity contribution < 1.29 is 18.0 Å². The van der Waals surface area contributed by atoms with Crippen LogP contribution in [0, 0.1) is 0 Å². The van der Waals surface area contributed by atoms with E-state index in [2.05, 4.69) is 9.97 Å². The molecule has 3 aromatic rings. The lowest BCUT2D eigenvalue weighted by Crippen LogP contribution is -2.06. The molecule has 0 aliphatic carbocycles. The summed E-state index contributed by atoms with van der Waals surface area (Å²) in [4.78, 5) is 20.3. The van der Waals surface area contributed by atoms with Crippen molar-refractivity contribution in [1.82, 2.24) is 9.97 Å². The zero-order valence-electron chi connectivity index (χ0n) is 13.0. The monoisotopic (exact) mass is 342 g/mol. The first-order valence-corrected chi connectivity index (χ1v) is 7.50. The molecule has 3 rings (SSSR count). The maximum Gasteiger partial charge on any atom is 0.416 e. The van der Waals surface area contributed by atoms with Gasteiger partial charge < -0.3 is 0 Å². The number of carbonyl (C=O) groups is 1. The third kappa shape index (κ3) is 4.09. The molecule has 25 heavy (non-hydrogen) atoms. The van der Waals surface area contributed by atoms with Crippen molar-refractivity contribution in [3.05, 3.63) is 83.8 Å². The van der Waals surface area contributed by atoms with E-state index >= 15 is 0 Å². The van der Waals surface area contributed by atoms with Crippen molar-refractivity contribution in [3.8, 4) is 11.3 Å². The number of alkyl halides is 3. The van der Waals surface area contributed by atoms with Gasteiger partial charge in [-0.3, -0.25) is 14.8 Å². The van der Waals surface area contributed by atoms with E-state index in [0.717, 1.165) is 12.1 Å². The number of hydrogen-bond acceptors (Lipinski definition) is 3. The van der Waals surface area contributed by atoms with Gasteiger partial charge in [0.25, 0.3) is 0 Å². The minimum atomic E-state index is -4.41. The Balaban J connectivity index is 1.86. The fraction of sp³-hybridized carbons (Fsp3) is 0.105. The van der Waals surface area contributed by atoms with Crippen LogP contribution in [0.1, 0.15) is 21.6 Å². The van der Waals surface area contributed by atoms with Crippen LogP contribution in [0.15, 0.2) is 67.0 Å². The summed E-state index contributed by atoms with van der Waals surface area (Å²) in [5.74, 6) is -0.165. The van der Waals surface area contributed by atoms with Crippen LogP contribution in [0.5, 0.6) is 0 Å². The van der Waals surface area contributed by atoms with E-state index in [4.69, 9.17) is 0 Å². The highest BCUT2D eigenvalue weighted by Gasteiger charge is 2.30. The first kappa shape index (κ1) is 16.8. The molecule has 3 nitrogen and oxygen atoms in total. The Bertz CT molecular complexity index is 892. The molecular weight excluding hydrogens is 329 g/mol. The number of aromatic nitrogens is 2. The average Bonchev–Trinajstić information content (AvgIpc) is 2.62. The lowest BCUT2D eigenvalue weighted by molar-refractivity contribution is -0.137. The number of benzene rings is 1. The van der Waals surface area contributed by atoms with Gasteiger partial charge in [0.15, 0.2) is 5.78 Å². The van der Waals surface area contributed by atoms with Crippen molar-refractivity contribution in [3.63, 3.8) is 0 Å². The molecule has 0 amide bonds. The van der Waals surface area contributed by atoms with E-state index < -0.39 is 11.7 Å². The first-order chi connectivity index (χ1) is 11.9. The molecule has 0 aliphatic heterocycles. The van der Waals surface area contributed by atoms with Crippen LogP contribution in [0.25, 0.3) is 11.3 Å². The molecule has 0 radical (unpaired) electrons. The summed E-state index contributed by atoms with van der Waals surface area (Å²) in [6, 6.07) is 13.3. The van der Waals surface area contributed by atoms with Gasteiger partial charge >= 0.3 is 6.18 Å². The maximum atomic E-state index is 12.9. The van der Waals surface area contributed by atoms with Crippen molar-refractivity contribution in [2.24, 2.45) is 0 Å². The summed E-state index contributed by atoms with van der Waals surface area (Å²) >= 11 is 0. The van der Waals surface area contributed by atoms with Crippen molar-refractivity contribution in [2.45, 2.75) is 12.6 Å². The third-order valence-corrected chi connectivity index (χ3v) is 3.63. The molecule has 0 saturated heterocycles. The molecule has 0 spiro atoms. The Morgan fingerprint density at radius 3 is 2.48 bits per heavy atom. The Morgan fingerprint density at radius 2 is 1.76 bits per heavy atom. The van der Waals surface area contributed by atoms with E-state index in [-0.39, 0.29) is 12.2 Å². The number of rotatable bonds is 4. The van der Waals surface area contributed by atoms with E-state index in [9.17, 15) is 18.0 Å². The average molecular weight is 342 g/mol. The molecule has 2 heterocycles. The number of Topliss-reactive ketones (excluding diaryl/α,β-unsaturated/α-hetero) is 1. The topological polar surface area (TPSA) is 42.9 Å². The predicted octanol–water partition coefficient (Wildman–Crippen LogP) is 4.59. The Labute approximate surface area is 142 Å². The van der Waals surface area contributed by atoms with Crippen LogP contribution in [0.2, 0.25) is 0 Å². The molecule has 2 aromatic heterocycles. The second kappa shape index (κ2) is 6.84. The van der Waals surface area contributed by atoms with Crippen molar-refractivity contribution in [1.29, 1.82) is 0 Å². The number of pyridine rings is 2. The normalized spacial score (nSPS) is 11.3. The molecule has 0 saturated carbocycles. The molecule has 0 fully saturated rings. The number of halogens is 3. The number of ketones is 1. The summed E-state index contributed by atoms with van der Waals surface area (Å²) in [5.41, 5.74) is 1.01. The molecular formula is C19H13F3N2O. The molecule has 0 aliphatic rings. The van der Waals surface area contributed by atoms with Crippen LogP contribution >= 0.6 is 0 Å². The third-order valence-electron chi connectivity index (χ3n) is 3.63. The second-order valence-corrected chi connectivity index (χ2v) is 5.44. The molecule has 1 aromatic carbocycles. The van der Waals surface area contributed by atoms with Gasteiger partial charge in [-0.2, -0.15) is 13.2 Å². The maximum absolute atomic E-state index is 12.9. The molecule has 126 valence electrons. The van der Waals surface area contributed by atoms with Crippen molar-refractivity contribution >= 4 is 5.78 Å². The van der Waals surface area contributed by atoms with E-state index in [1.54, 1.807) is 36.4 Å². The molecule has 0 unspecified atom stereocenters. The SMILES string of the molecule is O=C(Cc1ccnc(-c2cccc(C(F)(F)F)c2)c1)c1ccccn1. The fourth-order valence-electron chi connectivity index (χ4n) is 2.40. The standard InChI is InChI=1S/C19H13F3N2O/c20-19(21,22)15-5-3-4-14(12-15)17-10-13(7-9-24-17)11-18(25)16-6-1-2-8-23-16/h1-10,12H,11H2. The molecule has 0 bridgehead atoms. The van der Waals surface area contributed by atoms with Crippen molar-refractivity contribution in [2.75, 3.05) is 0 Å². The first-order valence-electron chi connectivity index (χ1n) is 7.50. The predicted molar refractivity (Wildman–Crippen MR) is 86.9 cm³/mol. The summed E-state index contributed by atoms with van der Waals surface area (Å²) in [6.07, 6.45) is -1.29. The van der Waals surface area contributed by atoms with Gasteiger partial charge in [-0.25, -0.2) is 0 Å². The molecule has 0 N–H and O–H groups in total. The molecule has 6 heteroatoms. The quantitative estimate of drug-likeness (QED) is 0.652. The Morgan fingerprint density at radius 1 is 0.920 bits per heavy atom. The van der Waals surface area contributed by atoms with Gasteiger partial charge in [-0.05, 0) is 42.0 Å². The highest BCUT2D eigenvalue weighted by molar-refractivity contribution is 5.95. The van der Waals surface area contributed by atoms with Crippen LogP contribution in [-0.2, 0) is 12.6 Å². The zero-order valence-corrected chi connectivity index (χ0v) is 13.0. The largest absolute Gasteiger partial charge is 0.416 e. The summed E-state index contributed by atoms with van der Waals surface area (Å²) in [7, 11) is 0. The van der Waals surface area contributed by atoms with Gasteiger partial charge in [0, 0.05) is 24.4 Å². The number of carbonyl (C=O) groups excluding carboxylic acids is 1. The highest BCUT2D eigenvalue weighted by atomic mass is 19.4. The lowest BCUT2D eigenvalue weighted by Gasteiger charge is -2.09. The van der Waals surface area contributed by atoms with Crippen LogP contribution in [0.3, 0.4) is 0 Å². The van der Waals surface area contributed by atoms with Gasteiger partial charge in [0.1, 0.15) is 5.69 Å². The van der Waals surface area contributed by atoms with E-state index in [1.807, 2.05) is 0 Å². The Hall–Kier alpha value is -3.02. The highest BCUT2D eigenvalue weighted by Crippen LogP contribution is 2.31. The summed E-state index contributed by atoms with van der Waals surface area (Å²) in [5, 5.41) is 0. The minimum absolute atomic E-state index is 0.103. The summed E-state index contributed by atoms with van der Waals surface area (Å²) in [6.45, 7) is 0. The van der Waals surface area contributed by atoms with Crippen LogP contribution in [0.4, 0.5) is 13.2 Å². The smallest absolute Gasteiger partial charge is 0.292 e. The van der Waals surface area contributed by atoms with Crippen LogP contribution < -0.4 is 0 Å². The number of nitrogens with zero attached hydrogens (tertiary/aromatic N) is 2. The van der Waals surface area contributed by atoms with E-state index in [1.165, 1.54) is 18.5 Å². The van der Waals surface area contributed by atoms with Crippen LogP contribution in [-0.4, -0.2) is 15.8 Å².